The number of carbonyl (C=O) groups excluding carboxylic acids is 1. The Kier molecular flexibility index (Phi) is 6.81. The smallest absolute Gasteiger partial charge is 0.408 e. The normalized spacial score (nSPS) is 12.6. The second-order valence-electron chi connectivity index (χ2n) is 6.57. The van der Waals surface area contributed by atoms with Crippen LogP contribution >= 0.6 is 12.2 Å². The summed E-state index contributed by atoms with van der Waals surface area (Å²) in [6.45, 7) is 10.2. The van der Waals surface area contributed by atoms with Gasteiger partial charge in [-0.05, 0) is 32.3 Å². The van der Waals surface area contributed by atoms with Crippen LogP contribution in [0.25, 0.3) is 0 Å². The van der Waals surface area contributed by atoms with Crippen LogP contribution in [0.1, 0.15) is 40.2 Å². The number of hydrogen-bond donors (Lipinski definition) is 2. The number of carbonyl (C=O) groups is 1. The topological polar surface area (TPSA) is 50.4 Å². The van der Waals surface area contributed by atoms with Crippen molar-refractivity contribution in [3.05, 3.63) is 35.9 Å². The van der Waals surface area contributed by atoms with Crippen LogP contribution in [0.4, 0.5) is 4.79 Å². The number of nitrogens with one attached hydrogen (secondary N) is 2. The zero-order valence-corrected chi connectivity index (χ0v) is 14.8. The maximum Gasteiger partial charge on any atom is 0.408 e. The van der Waals surface area contributed by atoms with Crippen LogP contribution in [0.3, 0.4) is 0 Å². The molecule has 0 aliphatic heterocycles. The molecule has 1 atom stereocenters. The average molecular weight is 322 g/mol. The molecule has 0 aliphatic carbocycles. The second-order valence-corrected chi connectivity index (χ2v) is 7.01. The third-order valence-electron chi connectivity index (χ3n) is 2.93. The summed E-state index contributed by atoms with van der Waals surface area (Å²) in [4.78, 5) is 12.5. The van der Waals surface area contributed by atoms with E-state index in [1.807, 2.05) is 65.0 Å². The second kappa shape index (κ2) is 8.13. The fourth-order valence-corrected chi connectivity index (χ4v) is 2.27. The van der Waals surface area contributed by atoms with Crippen molar-refractivity contribution in [3.63, 3.8) is 0 Å². The Bertz CT molecular complexity index is 495. The van der Waals surface area contributed by atoms with Gasteiger partial charge in [0.15, 0.2) is 0 Å². The minimum absolute atomic E-state index is 0.170. The zero-order valence-electron chi connectivity index (χ0n) is 14.0. The minimum atomic E-state index is -0.523. The number of hydrogen-bond acceptors (Lipinski definition) is 3. The average Bonchev–Trinajstić information content (AvgIpc) is 2.41. The van der Waals surface area contributed by atoms with Crippen molar-refractivity contribution in [2.45, 2.75) is 52.8 Å². The molecule has 0 aromatic heterocycles. The van der Waals surface area contributed by atoms with Gasteiger partial charge >= 0.3 is 6.09 Å². The number of benzene rings is 1. The Morgan fingerprint density at radius 2 is 1.82 bits per heavy atom. The van der Waals surface area contributed by atoms with Gasteiger partial charge in [0.2, 0.25) is 0 Å². The molecule has 0 saturated heterocycles. The van der Waals surface area contributed by atoms with Crippen LogP contribution in [-0.2, 0) is 11.3 Å². The first-order valence-corrected chi connectivity index (χ1v) is 7.91. The quantitative estimate of drug-likeness (QED) is 0.813. The lowest BCUT2D eigenvalue weighted by Gasteiger charge is -2.26. The molecule has 0 spiro atoms. The van der Waals surface area contributed by atoms with Gasteiger partial charge in [0.1, 0.15) is 5.60 Å². The lowest BCUT2D eigenvalue weighted by molar-refractivity contribution is 0.0508. The Morgan fingerprint density at radius 3 is 2.32 bits per heavy atom. The fraction of sp³-hybridized carbons (Fsp3) is 0.529. The Morgan fingerprint density at radius 1 is 1.23 bits per heavy atom. The summed E-state index contributed by atoms with van der Waals surface area (Å²) in [6.07, 6.45) is -0.449. The van der Waals surface area contributed by atoms with Gasteiger partial charge in [-0.1, -0.05) is 56.4 Å². The number of ether oxygens (including phenoxy) is 1. The fourth-order valence-electron chi connectivity index (χ4n) is 1.86. The number of rotatable bonds is 5. The van der Waals surface area contributed by atoms with Crippen molar-refractivity contribution < 1.29 is 9.53 Å². The zero-order chi connectivity index (χ0) is 16.8. The molecular weight excluding hydrogens is 296 g/mol. The Balaban J connectivity index is 2.58. The predicted molar refractivity (Wildman–Crippen MR) is 93.9 cm³/mol. The van der Waals surface area contributed by atoms with Crippen LogP contribution in [0.2, 0.25) is 0 Å². The van der Waals surface area contributed by atoms with Crippen molar-refractivity contribution >= 4 is 23.3 Å². The van der Waals surface area contributed by atoms with Crippen LogP contribution in [0.15, 0.2) is 30.3 Å². The standard InChI is InChI=1S/C17H26N2O2S/c1-12(2)14(19-16(20)21-17(3,4)5)15(22)18-11-13-9-7-6-8-10-13/h6-10,12,14H,11H2,1-5H3,(H,18,22)(H,19,20)/t14-/m0/s1. The van der Waals surface area contributed by atoms with E-state index in [4.69, 9.17) is 17.0 Å². The molecular formula is C17H26N2O2S. The van der Waals surface area contributed by atoms with Crippen LogP contribution in [0.5, 0.6) is 0 Å². The highest BCUT2D eigenvalue weighted by atomic mass is 32.1. The minimum Gasteiger partial charge on any atom is -0.444 e. The van der Waals surface area contributed by atoms with Gasteiger partial charge in [-0.3, -0.25) is 0 Å². The monoisotopic (exact) mass is 322 g/mol. The highest BCUT2D eigenvalue weighted by molar-refractivity contribution is 7.80. The van der Waals surface area contributed by atoms with Crippen molar-refractivity contribution in [1.82, 2.24) is 10.6 Å². The molecule has 1 rings (SSSR count). The van der Waals surface area contributed by atoms with Gasteiger partial charge in [-0.25, -0.2) is 4.79 Å². The van der Waals surface area contributed by atoms with E-state index in [-0.39, 0.29) is 12.0 Å². The molecule has 1 amide bonds. The third-order valence-corrected chi connectivity index (χ3v) is 3.33. The van der Waals surface area contributed by atoms with Crippen molar-refractivity contribution in [3.8, 4) is 0 Å². The van der Waals surface area contributed by atoms with E-state index in [1.165, 1.54) is 0 Å². The summed E-state index contributed by atoms with van der Waals surface area (Å²) in [5.41, 5.74) is 0.620. The van der Waals surface area contributed by atoms with E-state index < -0.39 is 11.7 Å². The van der Waals surface area contributed by atoms with E-state index in [9.17, 15) is 4.79 Å². The lowest BCUT2D eigenvalue weighted by atomic mass is 10.0. The first kappa shape index (κ1) is 18.4. The molecule has 0 saturated carbocycles. The third kappa shape index (κ3) is 6.89. The highest BCUT2D eigenvalue weighted by Crippen LogP contribution is 2.09. The van der Waals surface area contributed by atoms with Crippen molar-refractivity contribution in [2.24, 2.45) is 5.92 Å². The van der Waals surface area contributed by atoms with E-state index in [1.54, 1.807) is 0 Å². The molecule has 2 N–H and O–H groups in total. The molecule has 4 nitrogen and oxygen atoms in total. The number of alkyl carbamates (subject to hydrolysis) is 1. The van der Waals surface area contributed by atoms with Crippen LogP contribution in [0, 0.1) is 5.92 Å². The molecule has 122 valence electrons. The molecule has 0 bridgehead atoms. The SMILES string of the molecule is CC(C)[C@H](NC(=O)OC(C)(C)C)C(=S)NCc1ccccc1. The van der Waals surface area contributed by atoms with Gasteiger partial charge < -0.3 is 15.4 Å². The molecule has 0 fully saturated rings. The first-order chi connectivity index (χ1) is 10.2. The lowest BCUT2D eigenvalue weighted by Crippen LogP contribution is -2.49. The van der Waals surface area contributed by atoms with Gasteiger partial charge in [0, 0.05) is 6.54 Å². The first-order valence-electron chi connectivity index (χ1n) is 7.50. The number of amides is 1. The van der Waals surface area contributed by atoms with Crippen molar-refractivity contribution in [1.29, 1.82) is 0 Å². The van der Waals surface area contributed by atoms with E-state index in [2.05, 4.69) is 10.6 Å². The maximum absolute atomic E-state index is 11.9. The molecule has 0 aliphatic rings. The van der Waals surface area contributed by atoms with Crippen LogP contribution < -0.4 is 10.6 Å². The highest BCUT2D eigenvalue weighted by Gasteiger charge is 2.24. The predicted octanol–water partition coefficient (Wildman–Crippen LogP) is 3.65. The van der Waals surface area contributed by atoms with E-state index in [0.29, 0.717) is 11.5 Å². The summed E-state index contributed by atoms with van der Waals surface area (Å²) < 4.78 is 5.29. The summed E-state index contributed by atoms with van der Waals surface area (Å²) >= 11 is 5.43. The Labute approximate surface area is 138 Å². The molecule has 0 unspecified atom stereocenters. The Hall–Kier alpha value is -1.62. The number of thiocarbonyl (C=S) groups is 1. The van der Waals surface area contributed by atoms with Gasteiger partial charge in [0.05, 0.1) is 11.0 Å². The summed E-state index contributed by atoms with van der Waals surface area (Å²) in [6, 6.07) is 9.75. The van der Waals surface area contributed by atoms with Gasteiger partial charge in [0.25, 0.3) is 0 Å². The van der Waals surface area contributed by atoms with Gasteiger partial charge in [-0.2, -0.15) is 0 Å². The molecule has 0 radical (unpaired) electrons. The van der Waals surface area contributed by atoms with Gasteiger partial charge in [-0.15, -0.1) is 0 Å². The van der Waals surface area contributed by atoms with Crippen LogP contribution in [-0.4, -0.2) is 22.7 Å². The summed E-state index contributed by atoms with van der Waals surface area (Å²) in [5.74, 6) is 0.170. The molecule has 1 aromatic rings. The molecule has 5 heteroatoms. The molecule has 22 heavy (non-hydrogen) atoms. The molecule has 1 aromatic carbocycles. The molecule has 0 heterocycles. The maximum atomic E-state index is 11.9. The summed E-state index contributed by atoms with van der Waals surface area (Å²) in [5, 5.41) is 6.05. The van der Waals surface area contributed by atoms with Crippen molar-refractivity contribution in [2.75, 3.05) is 0 Å². The largest absolute Gasteiger partial charge is 0.444 e. The summed E-state index contributed by atoms with van der Waals surface area (Å²) in [7, 11) is 0. The van der Waals surface area contributed by atoms with E-state index >= 15 is 0 Å². The van der Waals surface area contributed by atoms with E-state index in [0.717, 1.165) is 5.56 Å².